The Hall–Kier alpha value is -2.80. The van der Waals surface area contributed by atoms with Gasteiger partial charge in [0, 0.05) is 36.8 Å². The molecule has 31 heavy (non-hydrogen) atoms. The predicted octanol–water partition coefficient (Wildman–Crippen LogP) is 4.65. The predicted molar refractivity (Wildman–Crippen MR) is 122 cm³/mol. The number of amides is 2. The molecule has 0 spiro atoms. The number of rotatable bonds is 5. The first kappa shape index (κ1) is 21.4. The number of halogens is 2. The molecule has 2 aromatic carbocycles. The average molecular weight is 458 g/mol. The number of piperazine rings is 1. The minimum atomic E-state index is -0.152. The van der Waals surface area contributed by atoms with Crippen molar-refractivity contribution < 1.29 is 14.0 Å². The summed E-state index contributed by atoms with van der Waals surface area (Å²) in [4.78, 5) is 28.9. The number of hydrogen-bond donors (Lipinski definition) is 1. The SMILES string of the molecule is O=C(CN1CCN(C(=O)c2ccc(-c3ccc(Cl)cc3)o2)CC1)Nc1ccccc1Cl. The summed E-state index contributed by atoms with van der Waals surface area (Å²) in [6, 6.07) is 17.9. The Morgan fingerprint density at radius 1 is 0.903 bits per heavy atom. The fourth-order valence-corrected chi connectivity index (χ4v) is 3.75. The molecule has 4 rings (SSSR count). The highest BCUT2D eigenvalue weighted by Gasteiger charge is 2.25. The van der Waals surface area contributed by atoms with E-state index >= 15 is 0 Å². The summed E-state index contributed by atoms with van der Waals surface area (Å²) in [5.74, 6) is 0.636. The largest absolute Gasteiger partial charge is 0.451 e. The van der Waals surface area contributed by atoms with Crippen molar-refractivity contribution in [3.63, 3.8) is 0 Å². The third-order valence-corrected chi connectivity index (χ3v) is 5.70. The number of benzene rings is 2. The molecule has 2 heterocycles. The summed E-state index contributed by atoms with van der Waals surface area (Å²) >= 11 is 12.0. The first-order valence-corrected chi connectivity index (χ1v) is 10.7. The Balaban J connectivity index is 1.29. The Morgan fingerprint density at radius 2 is 1.61 bits per heavy atom. The molecule has 3 aromatic rings. The highest BCUT2D eigenvalue weighted by Crippen LogP contribution is 2.25. The summed E-state index contributed by atoms with van der Waals surface area (Å²) < 4.78 is 5.77. The molecule has 2 amide bonds. The number of hydrogen-bond acceptors (Lipinski definition) is 4. The summed E-state index contributed by atoms with van der Waals surface area (Å²) in [5, 5.41) is 3.97. The maximum atomic E-state index is 12.8. The standard InChI is InChI=1S/C23H21Cl2N3O3/c24-17-7-5-16(6-8-17)20-9-10-21(31-20)23(30)28-13-11-27(12-14-28)15-22(29)26-19-4-2-1-3-18(19)25/h1-10H,11-15H2,(H,26,29). The third-order valence-electron chi connectivity index (χ3n) is 5.12. The topological polar surface area (TPSA) is 65.8 Å². The Kier molecular flexibility index (Phi) is 6.61. The number of nitrogens with one attached hydrogen (secondary N) is 1. The lowest BCUT2D eigenvalue weighted by Crippen LogP contribution is -2.50. The van der Waals surface area contributed by atoms with Gasteiger partial charge in [-0.2, -0.15) is 0 Å². The van der Waals surface area contributed by atoms with Gasteiger partial charge in [0.25, 0.3) is 5.91 Å². The maximum Gasteiger partial charge on any atom is 0.289 e. The number of furan rings is 1. The molecule has 1 aliphatic rings. The molecule has 160 valence electrons. The van der Waals surface area contributed by atoms with Crippen molar-refractivity contribution in [2.24, 2.45) is 0 Å². The Bertz CT molecular complexity index is 1070. The molecular weight excluding hydrogens is 437 g/mol. The van der Waals surface area contributed by atoms with E-state index in [2.05, 4.69) is 5.32 Å². The second-order valence-electron chi connectivity index (χ2n) is 7.27. The molecule has 0 atom stereocenters. The van der Waals surface area contributed by atoms with Gasteiger partial charge < -0.3 is 14.6 Å². The normalized spacial score (nSPS) is 14.5. The molecule has 1 N–H and O–H groups in total. The molecule has 1 fully saturated rings. The van der Waals surface area contributed by atoms with E-state index in [1.165, 1.54) is 0 Å². The van der Waals surface area contributed by atoms with Crippen molar-refractivity contribution in [1.29, 1.82) is 0 Å². The number of nitrogens with zero attached hydrogens (tertiary/aromatic N) is 2. The van der Waals surface area contributed by atoms with Crippen LogP contribution in [0.15, 0.2) is 65.1 Å². The van der Waals surface area contributed by atoms with Crippen LogP contribution in [-0.2, 0) is 4.79 Å². The van der Waals surface area contributed by atoms with Gasteiger partial charge in [-0.05, 0) is 48.5 Å². The van der Waals surface area contributed by atoms with Gasteiger partial charge in [-0.3, -0.25) is 14.5 Å². The zero-order chi connectivity index (χ0) is 21.8. The second-order valence-corrected chi connectivity index (χ2v) is 8.11. The zero-order valence-corrected chi connectivity index (χ0v) is 18.2. The summed E-state index contributed by atoms with van der Waals surface area (Å²) in [5.41, 5.74) is 1.45. The minimum absolute atomic E-state index is 0.133. The van der Waals surface area contributed by atoms with Crippen molar-refractivity contribution in [3.8, 4) is 11.3 Å². The van der Waals surface area contributed by atoms with E-state index < -0.39 is 0 Å². The monoisotopic (exact) mass is 457 g/mol. The van der Waals surface area contributed by atoms with Crippen LogP contribution in [0.25, 0.3) is 11.3 Å². The van der Waals surface area contributed by atoms with Gasteiger partial charge in [0.15, 0.2) is 5.76 Å². The van der Waals surface area contributed by atoms with E-state index in [0.717, 1.165) is 5.56 Å². The Morgan fingerprint density at radius 3 is 2.32 bits per heavy atom. The van der Waals surface area contributed by atoms with E-state index in [4.69, 9.17) is 27.6 Å². The van der Waals surface area contributed by atoms with E-state index in [-0.39, 0.29) is 18.4 Å². The average Bonchev–Trinajstić information content (AvgIpc) is 3.26. The van der Waals surface area contributed by atoms with Gasteiger partial charge in [0.2, 0.25) is 5.91 Å². The van der Waals surface area contributed by atoms with E-state index in [9.17, 15) is 9.59 Å². The van der Waals surface area contributed by atoms with Gasteiger partial charge in [-0.25, -0.2) is 0 Å². The van der Waals surface area contributed by atoms with Crippen LogP contribution in [0, 0.1) is 0 Å². The molecule has 1 aromatic heterocycles. The van der Waals surface area contributed by atoms with Gasteiger partial charge in [-0.15, -0.1) is 0 Å². The van der Waals surface area contributed by atoms with Crippen molar-refractivity contribution in [2.45, 2.75) is 0 Å². The summed E-state index contributed by atoms with van der Waals surface area (Å²) in [6.45, 7) is 2.50. The van der Waals surface area contributed by atoms with Crippen molar-refractivity contribution >= 4 is 40.7 Å². The maximum absolute atomic E-state index is 12.8. The van der Waals surface area contributed by atoms with E-state index in [0.29, 0.717) is 53.4 Å². The van der Waals surface area contributed by atoms with Crippen LogP contribution in [0.3, 0.4) is 0 Å². The third kappa shape index (κ3) is 5.28. The van der Waals surface area contributed by atoms with Crippen LogP contribution in [0.1, 0.15) is 10.6 Å². The lowest BCUT2D eigenvalue weighted by Gasteiger charge is -2.33. The first-order valence-electron chi connectivity index (χ1n) is 9.91. The lowest BCUT2D eigenvalue weighted by atomic mass is 10.2. The molecule has 0 unspecified atom stereocenters. The molecule has 0 bridgehead atoms. The number of carbonyl (C=O) groups is 2. The van der Waals surface area contributed by atoms with E-state index in [1.807, 2.05) is 29.2 Å². The van der Waals surface area contributed by atoms with E-state index in [1.54, 1.807) is 41.3 Å². The van der Waals surface area contributed by atoms with Crippen molar-refractivity contribution in [3.05, 3.63) is 76.5 Å². The Labute approximate surface area is 190 Å². The van der Waals surface area contributed by atoms with Crippen LogP contribution in [-0.4, -0.2) is 54.3 Å². The fourth-order valence-electron chi connectivity index (χ4n) is 3.44. The number of anilines is 1. The first-order chi connectivity index (χ1) is 15.0. The number of para-hydroxylation sites is 1. The number of carbonyl (C=O) groups excluding carboxylic acids is 2. The molecule has 0 radical (unpaired) electrons. The molecule has 1 aliphatic heterocycles. The molecule has 0 aliphatic carbocycles. The molecular formula is C23H21Cl2N3O3. The fraction of sp³-hybridized carbons (Fsp3) is 0.217. The van der Waals surface area contributed by atoms with Crippen LogP contribution < -0.4 is 5.32 Å². The van der Waals surface area contributed by atoms with Crippen molar-refractivity contribution in [2.75, 3.05) is 38.0 Å². The molecule has 8 heteroatoms. The zero-order valence-electron chi connectivity index (χ0n) is 16.7. The molecule has 0 saturated carbocycles. The van der Waals surface area contributed by atoms with Gasteiger partial charge >= 0.3 is 0 Å². The summed E-state index contributed by atoms with van der Waals surface area (Å²) in [6.07, 6.45) is 0. The highest BCUT2D eigenvalue weighted by molar-refractivity contribution is 6.33. The van der Waals surface area contributed by atoms with Gasteiger partial charge in [-0.1, -0.05) is 35.3 Å². The smallest absolute Gasteiger partial charge is 0.289 e. The van der Waals surface area contributed by atoms with Crippen LogP contribution in [0.4, 0.5) is 5.69 Å². The quantitative estimate of drug-likeness (QED) is 0.605. The minimum Gasteiger partial charge on any atom is -0.451 e. The second kappa shape index (κ2) is 9.56. The van der Waals surface area contributed by atoms with Crippen molar-refractivity contribution in [1.82, 2.24) is 9.80 Å². The lowest BCUT2D eigenvalue weighted by molar-refractivity contribution is -0.117. The molecule has 1 saturated heterocycles. The van der Waals surface area contributed by atoms with Crippen LogP contribution >= 0.6 is 23.2 Å². The summed E-state index contributed by atoms with van der Waals surface area (Å²) in [7, 11) is 0. The highest BCUT2D eigenvalue weighted by atomic mass is 35.5. The van der Waals surface area contributed by atoms with Crippen LogP contribution in [0.2, 0.25) is 10.0 Å². The molecule has 6 nitrogen and oxygen atoms in total. The van der Waals surface area contributed by atoms with Crippen LogP contribution in [0.5, 0.6) is 0 Å². The van der Waals surface area contributed by atoms with Gasteiger partial charge in [0.05, 0.1) is 17.3 Å². The van der Waals surface area contributed by atoms with Gasteiger partial charge in [0.1, 0.15) is 5.76 Å².